The third-order valence-corrected chi connectivity index (χ3v) is 4.95. The fourth-order valence-corrected chi connectivity index (χ4v) is 3.57. The second-order valence-electron chi connectivity index (χ2n) is 7.19. The number of ketones is 1. The number of hydrogen-bond acceptors (Lipinski definition) is 3. The summed E-state index contributed by atoms with van der Waals surface area (Å²) in [4.78, 5) is 32.3. The van der Waals surface area contributed by atoms with Crippen molar-refractivity contribution in [1.82, 2.24) is 9.97 Å². The summed E-state index contributed by atoms with van der Waals surface area (Å²) in [5.41, 5.74) is 6.40. The number of anilines is 1. The monoisotopic (exact) mass is 383 g/mol. The van der Waals surface area contributed by atoms with Crippen LogP contribution in [0.1, 0.15) is 34.0 Å². The molecular weight excluding hydrogens is 362 g/mol. The first kappa shape index (κ1) is 18.6. The Kier molecular flexibility index (Phi) is 4.72. The number of carbonyl (C=O) groups excluding carboxylic acids is 2. The highest BCUT2D eigenvalue weighted by atomic mass is 16.1. The first-order valence-electron chi connectivity index (χ1n) is 9.40. The fourth-order valence-electron chi connectivity index (χ4n) is 3.57. The molecule has 2 aromatic carbocycles. The number of amides is 1. The molecule has 0 bridgehead atoms. The van der Waals surface area contributed by atoms with Gasteiger partial charge in [-0.15, -0.1) is 0 Å². The molecule has 29 heavy (non-hydrogen) atoms. The van der Waals surface area contributed by atoms with Crippen molar-refractivity contribution in [3.05, 3.63) is 83.2 Å². The van der Waals surface area contributed by atoms with Gasteiger partial charge < -0.3 is 10.3 Å². The molecule has 0 spiro atoms. The van der Waals surface area contributed by atoms with Crippen molar-refractivity contribution in [3.63, 3.8) is 0 Å². The maximum Gasteiger partial charge on any atom is 0.221 e. The highest BCUT2D eigenvalue weighted by Gasteiger charge is 2.20. The van der Waals surface area contributed by atoms with Crippen LogP contribution >= 0.6 is 0 Å². The van der Waals surface area contributed by atoms with Crippen LogP contribution in [0.4, 0.5) is 5.69 Å². The van der Waals surface area contributed by atoms with Crippen LogP contribution in [0.5, 0.6) is 0 Å². The second-order valence-corrected chi connectivity index (χ2v) is 7.19. The first-order chi connectivity index (χ1) is 13.9. The van der Waals surface area contributed by atoms with E-state index in [4.69, 9.17) is 0 Å². The summed E-state index contributed by atoms with van der Waals surface area (Å²) in [6.07, 6.45) is 3.44. The van der Waals surface area contributed by atoms with Crippen LogP contribution in [0.25, 0.3) is 22.2 Å². The molecule has 0 unspecified atom stereocenters. The maximum atomic E-state index is 13.4. The normalized spacial score (nSPS) is 10.9. The Morgan fingerprint density at radius 2 is 1.83 bits per heavy atom. The van der Waals surface area contributed by atoms with E-state index in [-0.39, 0.29) is 11.7 Å². The van der Waals surface area contributed by atoms with E-state index in [0.717, 1.165) is 27.6 Å². The molecule has 0 aliphatic rings. The predicted octanol–water partition coefficient (Wildman–Crippen LogP) is 5.04. The lowest BCUT2D eigenvalue weighted by molar-refractivity contribution is -0.114. The van der Waals surface area contributed by atoms with Gasteiger partial charge in [0.05, 0.1) is 5.56 Å². The van der Waals surface area contributed by atoms with E-state index in [0.29, 0.717) is 22.5 Å². The Morgan fingerprint density at radius 3 is 2.62 bits per heavy atom. The lowest BCUT2D eigenvalue weighted by Gasteiger charge is -2.10. The Labute approximate surface area is 168 Å². The number of fused-ring (bicyclic) bond motifs is 1. The Hall–Kier alpha value is -3.73. The summed E-state index contributed by atoms with van der Waals surface area (Å²) in [6, 6.07) is 15.4. The van der Waals surface area contributed by atoms with E-state index in [1.54, 1.807) is 12.4 Å². The van der Waals surface area contributed by atoms with Crippen LogP contribution in [0.15, 0.2) is 60.9 Å². The van der Waals surface area contributed by atoms with Crippen molar-refractivity contribution in [1.29, 1.82) is 0 Å². The predicted molar refractivity (Wildman–Crippen MR) is 115 cm³/mol. The molecule has 2 N–H and O–H groups in total. The zero-order valence-corrected chi connectivity index (χ0v) is 16.5. The molecule has 1 amide bonds. The summed E-state index contributed by atoms with van der Waals surface area (Å²) in [7, 11) is 0. The van der Waals surface area contributed by atoms with Crippen LogP contribution in [0.3, 0.4) is 0 Å². The van der Waals surface area contributed by atoms with E-state index in [1.807, 2.05) is 62.4 Å². The minimum atomic E-state index is -0.130. The Balaban J connectivity index is 1.88. The van der Waals surface area contributed by atoms with Crippen LogP contribution in [-0.4, -0.2) is 21.7 Å². The van der Waals surface area contributed by atoms with Crippen molar-refractivity contribution in [2.24, 2.45) is 0 Å². The summed E-state index contributed by atoms with van der Waals surface area (Å²) in [5, 5.41) is 3.58. The van der Waals surface area contributed by atoms with E-state index in [2.05, 4.69) is 15.3 Å². The number of rotatable bonds is 4. The van der Waals surface area contributed by atoms with Gasteiger partial charge >= 0.3 is 0 Å². The van der Waals surface area contributed by atoms with Crippen LogP contribution in [-0.2, 0) is 4.79 Å². The fraction of sp³-hybridized carbons (Fsp3) is 0.125. The topological polar surface area (TPSA) is 74.8 Å². The minimum Gasteiger partial charge on any atom is -0.345 e. The average Bonchev–Trinajstić information content (AvgIpc) is 3.13. The number of H-pyrrole nitrogens is 1. The van der Waals surface area contributed by atoms with E-state index in [1.165, 1.54) is 6.92 Å². The summed E-state index contributed by atoms with van der Waals surface area (Å²) < 4.78 is 0. The highest BCUT2D eigenvalue weighted by Crippen LogP contribution is 2.33. The third-order valence-electron chi connectivity index (χ3n) is 4.95. The summed E-state index contributed by atoms with van der Waals surface area (Å²) in [5.74, 6) is -0.167. The van der Waals surface area contributed by atoms with Gasteiger partial charge in [0.1, 0.15) is 5.65 Å². The lowest BCUT2D eigenvalue weighted by Crippen LogP contribution is -2.05. The van der Waals surface area contributed by atoms with Crippen LogP contribution in [0, 0.1) is 13.8 Å². The number of benzene rings is 2. The number of hydrogen-bond donors (Lipinski definition) is 2. The average molecular weight is 383 g/mol. The Morgan fingerprint density at radius 1 is 1.00 bits per heavy atom. The first-order valence-corrected chi connectivity index (χ1v) is 9.40. The van der Waals surface area contributed by atoms with Gasteiger partial charge in [-0.2, -0.15) is 0 Å². The molecule has 0 saturated carbocycles. The number of carbonyl (C=O) groups is 2. The minimum absolute atomic E-state index is 0.0373. The van der Waals surface area contributed by atoms with Gasteiger partial charge in [-0.3, -0.25) is 9.59 Å². The largest absolute Gasteiger partial charge is 0.345 e. The van der Waals surface area contributed by atoms with Gasteiger partial charge in [-0.05, 0) is 54.8 Å². The smallest absolute Gasteiger partial charge is 0.221 e. The van der Waals surface area contributed by atoms with Crippen molar-refractivity contribution in [2.45, 2.75) is 20.8 Å². The number of aromatic amines is 1. The molecule has 4 rings (SSSR count). The molecule has 144 valence electrons. The van der Waals surface area contributed by atoms with Crippen molar-refractivity contribution in [3.8, 4) is 11.1 Å². The maximum absolute atomic E-state index is 13.4. The number of pyridine rings is 1. The molecule has 0 atom stereocenters. The van der Waals surface area contributed by atoms with Crippen molar-refractivity contribution >= 4 is 28.4 Å². The SMILES string of the molecule is CC(=O)Nc1cccc(-c2ccnc3[nH]cc(C(=O)c4cc(C)ccc4C)c23)c1. The van der Waals surface area contributed by atoms with Gasteiger partial charge in [0.2, 0.25) is 5.91 Å². The summed E-state index contributed by atoms with van der Waals surface area (Å²) in [6.45, 7) is 5.40. The molecule has 5 nitrogen and oxygen atoms in total. The van der Waals surface area contributed by atoms with E-state index >= 15 is 0 Å². The zero-order chi connectivity index (χ0) is 20.5. The van der Waals surface area contributed by atoms with Gasteiger partial charge in [-0.1, -0.05) is 29.8 Å². The molecule has 2 aromatic heterocycles. The molecule has 4 aromatic rings. The van der Waals surface area contributed by atoms with Crippen molar-refractivity contribution < 1.29 is 9.59 Å². The third kappa shape index (κ3) is 3.55. The number of nitrogens with zero attached hydrogens (tertiary/aromatic N) is 1. The second kappa shape index (κ2) is 7.36. The van der Waals surface area contributed by atoms with E-state index < -0.39 is 0 Å². The zero-order valence-electron chi connectivity index (χ0n) is 16.5. The molecule has 0 aliphatic heterocycles. The lowest BCUT2D eigenvalue weighted by atomic mass is 9.94. The molecule has 0 saturated heterocycles. The molecule has 2 heterocycles. The standard InChI is InChI=1S/C24H21N3O2/c1-14-7-8-15(2)20(11-14)23(29)21-13-26-24-22(21)19(9-10-25-24)17-5-4-6-18(12-17)27-16(3)28/h4-13H,1-3H3,(H,25,26)(H,27,28). The molecular formula is C24H21N3O2. The Bertz CT molecular complexity index is 1250. The molecule has 0 fully saturated rings. The summed E-state index contributed by atoms with van der Waals surface area (Å²) >= 11 is 0. The highest BCUT2D eigenvalue weighted by molar-refractivity contribution is 6.19. The van der Waals surface area contributed by atoms with Gasteiger partial charge in [-0.25, -0.2) is 4.98 Å². The van der Waals surface area contributed by atoms with Gasteiger partial charge in [0.15, 0.2) is 5.78 Å². The van der Waals surface area contributed by atoms with Crippen LogP contribution in [0.2, 0.25) is 0 Å². The molecule has 0 radical (unpaired) electrons. The number of aryl methyl sites for hydroxylation is 2. The number of aromatic nitrogens is 2. The van der Waals surface area contributed by atoms with Gasteiger partial charge in [0.25, 0.3) is 0 Å². The van der Waals surface area contributed by atoms with E-state index in [9.17, 15) is 9.59 Å². The van der Waals surface area contributed by atoms with Crippen LogP contribution < -0.4 is 5.32 Å². The quantitative estimate of drug-likeness (QED) is 0.485. The number of nitrogens with one attached hydrogen (secondary N) is 2. The molecule has 0 aliphatic carbocycles. The van der Waals surface area contributed by atoms with Crippen molar-refractivity contribution in [2.75, 3.05) is 5.32 Å². The molecule has 5 heteroatoms. The van der Waals surface area contributed by atoms with Gasteiger partial charge in [0, 0.05) is 36.0 Å².